The molecule has 2 aromatic carbocycles. The minimum absolute atomic E-state index is 0.0144. The molecule has 0 saturated heterocycles. The first-order chi connectivity index (χ1) is 12.1. The van der Waals surface area contributed by atoms with E-state index in [9.17, 15) is 4.79 Å². The van der Waals surface area contributed by atoms with Gasteiger partial charge in [-0.15, -0.1) is 0 Å². The van der Waals surface area contributed by atoms with E-state index in [4.69, 9.17) is 9.47 Å². The molecule has 4 heteroatoms. The van der Waals surface area contributed by atoms with Crippen molar-refractivity contribution in [2.75, 3.05) is 0 Å². The van der Waals surface area contributed by atoms with Crippen LogP contribution in [0.1, 0.15) is 37.3 Å². The summed E-state index contributed by atoms with van der Waals surface area (Å²) in [5.74, 6) is 0.548. The van der Waals surface area contributed by atoms with Crippen molar-refractivity contribution in [1.82, 2.24) is 5.32 Å². The van der Waals surface area contributed by atoms with E-state index < -0.39 is 5.72 Å². The molecule has 2 heterocycles. The summed E-state index contributed by atoms with van der Waals surface area (Å²) in [5.41, 5.74) is 3.06. The zero-order valence-corrected chi connectivity index (χ0v) is 14.4. The third-order valence-electron chi connectivity index (χ3n) is 4.86. The fraction of sp³-hybridized carbons (Fsp3) is 0.286. The lowest BCUT2D eigenvalue weighted by atomic mass is 9.78. The largest absolute Gasteiger partial charge is 0.468 e. The Labute approximate surface area is 147 Å². The summed E-state index contributed by atoms with van der Waals surface area (Å²) in [5, 5.41) is 3.35. The first kappa shape index (κ1) is 15.8. The highest BCUT2D eigenvalue weighted by atomic mass is 16.5. The van der Waals surface area contributed by atoms with Crippen LogP contribution in [0.25, 0.3) is 0 Å². The van der Waals surface area contributed by atoms with E-state index in [1.54, 1.807) is 0 Å². The Morgan fingerprint density at radius 2 is 1.92 bits per heavy atom. The minimum Gasteiger partial charge on any atom is -0.468 e. The molecular weight excluding hydrogens is 314 g/mol. The van der Waals surface area contributed by atoms with E-state index in [2.05, 4.69) is 5.32 Å². The van der Waals surface area contributed by atoms with Gasteiger partial charge in [-0.1, -0.05) is 48.5 Å². The molecule has 4 rings (SSSR count). The number of allylic oxidation sites excluding steroid dienone is 1. The molecule has 0 unspecified atom stereocenters. The molecule has 2 bridgehead atoms. The molecule has 0 aliphatic carbocycles. The van der Waals surface area contributed by atoms with E-state index in [-0.39, 0.29) is 18.5 Å². The highest BCUT2D eigenvalue weighted by Gasteiger charge is 2.45. The average Bonchev–Trinajstić information content (AvgIpc) is 2.60. The van der Waals surface area contributed by atoms with Gasteiger partial charge >= 0.3 is 5.97 Å². The fourth-order valence-electron chi connectivity index (χ4n) is 3.80. The molecule has 0 fully saturated rings. The van der Waals surface area contributed by atoms with Crippen LogP contribution in [0.3, 0.4) is 0 Å². The number of fused-ring (bicyclic) bond motifs is 4. The molecule has 0 spiro atoms. The van der Waals surface area contributed by atoms with Crippen LogP contribution in [0.15, 0.2) is 65.9 Å². The van der Waals surface area contributed by atoms with E-state index >= 15 is 0 Å². The predicted octanol–water partition coefficient (Wildman–Crippen LogP) is 3.89. The van der Waals surface area contributed by atoms with Gasteiger partial charge in [-0.3, -0.25) is 0 Å². The molecular formula is C21H21NO3. The summed E-state index contributed by atoms with van der Waals surface area (Å²) < 4.78 is 11.7. The fourth-order valence-corrected chi connectivity index (χ4v) is 3.80. The zero-order chi connectivity index (χ0) is 17.4. The maximum atomic E-state index is 12.8. The number of ether oxygens (including phenoxy) is 2. The standard InChI is InChI=1S/C21H21NO3/c1-14-19(20(23)24-13-15-8-4-3-5-9-15)17-12-21(2,22-14)25-18-11-7-6-10-16(17)18/h3-11,17,22H,12-13H2,1-2H3/t17-,21-/m1/s1. The van der Waals surface area contributed by atoms with Gasteiger partial charge in [0, 0.05) is 23.6 Å². The predicted molar refractivity (Wildman–Crippen MR) is 94.9 cm³/mol. The summed E-state index contributed by atoms with van der Waals surface area (Å²) in [7, 11) is 0. The Kier molecular flexibility index (Phi) is 3.75. The van der Waals surface area contributed by atoms with Gasteiger partial charge in [-0.25, -0.2) is 4.79 Å². The SMILES string of the molecule is CC1=C(C(=O)OCc2ccccc2)[C@@H]2C[C@](C)(N1)Oc1ccccc12. The molecule has 4 nitrogen and oxygen atoms in total. The summed E-state index contributed by atoms with van der Waals surface area (Å²) in [4.78, 5) is 12.8. The molecule has 1 N–H and O–H groups in total. The van der Waals surface area contributed by atoms with E-state index in [0.717, 1.165) is 22.6 Å². The summed E-state index contributed by atoms with van der Waals surface area (Å²) in [6, 6.07) is 17.7. The van der Waals surface area contributed by atoms with Crippen molar-refractivity contribution in [1.29, 1.82) is 0 Å². The number of para-hydroxylation sites is 1. The smallest absolute Gasteiger partial charge is 0.336 e. The van der Waals surface area contributed by atoms with Gasteiger partial charge in [0.15, 0.2) is 5.72 Å². The molecule has 2 aliphatic heterocycles. The quantitative estimate of drug-likeness (QED) is 0.865. The number of nitrogens with one attached hydrogen (secondary N) is 1. The molecule has 2 aromatic rings. The van der Waals surface area contributed by atoms with Crippen molar-refractivity contribution in [3.63, 3.8) is 0 Å². The van der Waals surface area contributed by atoms with Crippen LogP contribution in [0.4, 0.5) is 0 Å². The molecule has 128 valence electrons. The summed E-state index contributed by atoms with van der Waals surface area (Å²) in [6.07, 6.45) is 0.705. The number of rotatable bonds is 3. The van der Waals surface area contributed by atoms with Crippen LogP contribution < -0.4 is 10.1 Å². The van der Waals surface area contributed by atoms with Crippen molar-refractivity contribution in [3.8, 4) is 5.75 Å². The second-order valence-electron chi connectivity index (χ2n) is 6.85. The van der Waals surface area contributed by atoms with Crippen molar-refractivity contribution in [3.05, 3.63) is 77.0 Å². The summed E-state index contributed by atoms with van der Waals surface area (Å²) >= 11 is 0. The van der Waals surface area contributed by atoms with Crippen LogP contribution in [0, 0.1) is 0 Å². The third kappa shape index (κ3) is 2.88. The Morgan fingerprint density at radius 3 is 2.72 bits per heavy atom. The van der Waals surface area contributed by atoms with E-state index in [0.29, 0.717) is 12.0 Å². The van der Waals surface area contributed by atoms with Crippen molar-refractivity contribution < 1.29 is 14.3 Å². The normalized spacial score (nSPS) is 24.0. The maximum Gasteiger partial charge on any atom is 0.336 e. The van der Waals surface area contributed by atoms with Gasteiger partial charge in [0.1, 0.15) is 12.4 Å². The molecule has 2 aliphatic rings. The lowest BCUT2D eigenvalue weighted by Gasteiger charge is -2.45. The highest BCUT2D eigenvalue weighted by molar-refractivity contribution is 5.91. The topological polar surface area (TPSA) is 47.6 Å². The Morgan fingerprint density at radius 1 is 1.20 bits per heavy atom. The Balaban J connectivity index is 1.63. The monoisotopic (exact) mass is 335 g/mol. The van der Waals surface area contributed by atoms with Crippen molar-refractivity contribution in [2.45, 2.75) is 38.5 Å². The third-order valence-corrected chi connectivity index (χ3v) is 4.86. The molecule has 2 atom stereocenters. The first-order valence-electron chi connectivity index (χ1n) is 8.54. The number of carbonyl (C=O) groups excluding carboxylic acids is 1. The highest BCUT2D eigenvalue weighted by Crippen LogP contribution is 2.47. The van der Waals surface area contributed by atoms with Gasteiger partial charge in [0.05, 0.1) is 5.57 Å². The van der Waals surface area contributed by atoms with Gasteiger partial charge < -0.3 is 14.8 Å². The van der Waals surface area contributed by atoms with Crippen LogP contribution >= 0.6 is 0 Å². The molecule has 0 aromatic heterocycles. The van der Waals surface area contributed by atoms with E-state index in [1.165, 1.54) is 0 Å². The maximum absolute atomic E-state index is 12.8. The second-order valence-corrected chi connectivity index (χ2v) is 6.85. The average molecular weight is 335 g/mol. The minimum atomic E-state index is -0.494. The van der Waals surface area contributed by atoms with Crippen LogP contribution in [0.2, 0.25) is 0 Å². The van der Waals surface area contributed by atoms with Gasteiger partial charge in [-0.2, -0.15) is 0 Å². The second kappa shape index (κ2) is 5.96. The molecule has 0 amide bonds. The number of carbonyl (C=O) groups is 1. The van der Waals surface area contributed by atoms with Crippen LogP contribution in [-0.2, 0) is 16.1 Å². The first-order valence-corrected chi connectivity index (χ1v) is 8.54. The number of hydrogen-bond donors (Lipinski definition) is 1. The lowest BCUT2D eigenvalue weighted by molar-refractivity contribution is -0.141. The number of benzene rings is 2. The van der Waals surface area contributed by atoms with Crippen molar-refractivity contribution >= 4 is 5.97 Å². The van der Waals surface area contributed by atoms with Gasteiger partial charge in [-0.05, 0) is 25.5 Å². The molecule has 25 heavy (non-hydrogen) atoms. The zero-order valence-electron chi connectivity index (χ0n) is 14.4. The Hall–Kier alpha value is -2.75. The lowest BCUT2D eigenvalue weighted by Crippen LogP contribution is -2.54. The summed E-state index contributed by atoms with van der Waals surface area (Å²) in [6.45, 7) is 4.21. The molecule has 0 radical (unpaired) electrons. The van der Waals surface area contributed by atoms with Gasteiger partial charge in [0.2, 0.25) is 0 Å². The Bertz CT molecular complexity index is 843. The van der Waals surface area contributed by atoms with Crippen LogP contribution in [0.5, 0.6) is 5.75 Å². The number of hydrogen-bond acceptors (Lipinski definition) is 4. The van der Waals surface area contributed by atoms with Crippen molar-refractivity contribution in [2.24, 2.45) is 0 Å². The van der Waals surface area contributed by atoms with E-state index in [1.807, 2.05) is 68.4 Å². The van der Waals surface area contributed by atoms with Crippen LogP contribution in [-0.4, -0.2) is 11.7 Å². The van der Waals surface area contributed by atoms with Gasteiger partial charge in [0.25, 0.3) is 0 Å². The molecule has 0 saturated carbocycles. The number of esters is 1.